The van der Waals surface area contributed by atoms with E-state index in [1.807, 2.05) is 13.0 Å². The first-order valence-corrected chi connectivity index (χ1v) is 8.59. The Labute approximate surface area is 158 Å². The van der Waals surface area contributed by atoms with Gasteiger partial charge in [0.15, 0.2) is 0 Å². The largest absolute Gasteiger partial charge is 0.392 e. The number of nitrogens with one attached hydrogen (secondary N) is 1. The van der Waals surface area contributed by atoms with Gasteiger partial charge in [-0.2, -0.15) is 13.2 Å². The van der Waals surface area contributed by atoms with Crippen molar-refractivity contribution in [2.45, 2.75) is 19.5 Å². The third-order valence-electron chi connectivity index (χ3n) is 4.86. The summed E-state index contributed by atoms with van der Waals surface area (Å²) in [5.41, 5.74) is 8.42. The molecule has 1 saturated carbocycles. The number of rotatable bonds is 3. The van der Waals surface area contributed by atoms with E-state index in [0.717, 1.165) is 11.1 Å². The number of pyridine rings is 3. The number of hydrogen-bond donors (Lipinski definition) is 2. The molecule has 2 unspecified atom stereocenters. The fourth-order valence-electron chi connectivity index (χ4n) is 3.18. The second-order valence-electron chi connectivity index (χ2n) is 6.85. The maximum Gasteiger partial charge on any atom is 0.392 e. The lowest BCUT2D eigenvalue weighted by atomic mass is 10.1. The molecule has 4 rings (SSSR count). The first kappa shape index (κ1) is 18.1. The van der Waals surface area contributed by atoms with Gasteiger partial charge in [0, 0.05) is 29.5 Å². The summed E-state index contributed by atoms with van der Waals surface area (Å²) in [5.74, 6) is -2.88. The third-order valence-corrected chi connectivity index (χ3v) is 4.86. The number of carbonyl (C=O) groups is 1. The van der Waals surface area contributed by atoms with Crippen LogP contribution in [0.4, 0.5) is 24.8 Å². The van der Waals surface area contributed by atoms with Crippen LogP contribution in [0.3, 0.4) is 0 Å². The highest BCUT2D eigenvalue weighted by molar-refractivity contribution is 5.98. The van der Waals surface area contributed by atoms with Crippen LogP contribution in [0.5, 0.6) is 0 Å². The average Bonchev–Trinajstić information content (AvgIpc) is 3.43. The highest BCUT2D eigenvalue weighted by atomic mass is 19.4. The topological polar surface area (TPSA) is 93.8 Å². The van der Waals surface area contributed by atoms with Crippen molar-refractivity contribution in [1.29, 1.82) is 0 Å². The summed E-state index contributed by atoms with van der Waals surface area (Å²) in [7, 11) is 0. The Morgan fingerprint density at radius 3 is 2.75 bits per heavy atom. The van der Waals surface area contributed by atoms with Crippen molar-refractivity contribution in [3.63, 3.8) is 0 Å². The maximum absolute atomic E-state index is 12.7. The normalized spacial score (nSPS) is 18.9. The SMILES string of the molecule is Cc1ccncc1-c1cc2cc(NC(=O)C3CC3C(F)(F)F)ncc2c(N)n1. The molecule has 1 amide bonds. The molecular weight excluding hydrogens is 371 g/mol. The second-order valence-corrected chi connectivity index (χ2v) is 6.85. The van der Waals surface area contributed by atoms with Gasteiger partial charge in [0.1, 0.15) is 11.6 Å². The fourth-order valence-corrected chi connectivity index (χ4v) is 3.18. The smallest absolute Gasteiger partial charge is 0.383 e. The van der Waals surface area contributed by atoms with Gasteiger partial charge in [-0.1, -0.05) is 0 Å². The van der Waals surface area contributed by atoms with E-state index in [2.05, 4.69) is 20.3 Å². The van der Waals surface area contributed by atoms with Crippen molar-refractivity contribution >= 4 is 28.3 Å². The molecule has 1 fully saturated rings. The number of aromatic nitrogens is 3. The number of amides is 1. The van der Waals surface area contributed by atoms with Gasteiger partial charge in [-0.05, 0) is 42.5 Å². The predicted octanol–water partition coefficient (Wildman–Crippen LogP) is 3.72. The molecule has 0 aromatic carbocycles. The molecule has 0 aliphatic heterocycles. The molecule has 9 heteroatoms. The molecule has 0 spiro atoms. The van der Waals surface area contributed by atoms with E-state index in [9.17, 15) is 18.0 Å². The Morgan fingerprint density at radius 2 is 2.07 bits per heavy atom. The quantitative estimate of drug-likeness (QED) is 0.714. The van der Waals surface area contributed by atoms with Gasteiger partial charge < -0.3 is 11.1 Å². The average molecular weight is 387 g/mol. The van der Waals surface area contributed by atoms with E-state index in [4.69, 9.17) is 5.73 Å². The number of hydrogen-bond acceptors (Lipinski definition) is 5. The van der Waals surface area contributed by atoms with Crippen LogP contribution in [-0.2, 0) is 4.79 Å². The highest BCUT2D eigenvalue weighted by Gasteiger charge is 2.58. The lowest BCUT2D eigenvalue weighted by molar-refractivity contribution is -0.153. The molecule has 3 aromatic rings. The molecule has 2 atom stereocenters. The molecule has 0 saturated heterocycles. The van der Waals surface area contributed by atoms with Crippen LogP contribution in [0.1, 0.15) is 12.0 Å². The van der Waals surface area contributed by atoms with Crippen molar-refractivity contribution < 1.29 is 18.0 Å². The summed E-state index contributed by atoms with van der Waals surface area (Å²) in [6.45, 7) is 1.92. The van der Waals surface area contributed by atoms with E-state index in [0.29, 0.717) is 16.5 Å². The van der Waals surface area contributed by atoms with Crippen LogP contribution in [-0.4, -0.2) is 27.0 Å². The minimum absolute atomic E-state index is 0.171. The number of nitrogen functional groups attached to an aromatic ring is 1. The summed E-state index contributed by atoms with van der Waals surface area (Å²) < 4.78 is 38.0. The van der Waals surface area contributed by atoms with E-state index in [1.54, 1.807) is 24.5 Å². The number of carbonyl (C=O) groups excluding carboxylic acids is 1. The lowest BCUT2D eigenvalue weighted by Gasteiger charge is -2.10. The summed E-state index contributed by atoms with van der Waals surface area (Å²) in [6, 6.07) is 5.20. The monoisotopic (exact) mass is 387 g/mol. The summed E-state index contributed by atoms with van der Waals surface area (Å²) in [5, 5.41) is 3.72. The number of nitrogens with two attached hydrogens (primary N) is 1. The highest BCUT2D eigenvalue weighted by Crippen LogP contribution is 2.50. The van der Waals surface area contributed by atoms with Crippen LogP contribution in [0.2, 0.25) is 0 Å². The molecule has 144 valence electrons. The Kier molecular flexibility index (Phi) is 4.17. The minimum Gasteiger partial charge on any atom is -0.383 e. The zero-order valence-electron chi connectivity index (χ0n) is 14.8. The summed E-state index contributed by atoms with van der Waals surface area (Å²) >= 11 is 0. The number of fused-ring (bicyclic) bond motifs is 1. The van der Waals surface area contributed by atoms with Crippen molar-refractivity contribution in [3.05, 3.63) is 42.4 Å². The molecule has 3 heterocycles. The van der Waals surface area contributed by atoms with Crippen molar-refractivity contribution in [1.82, 2.24) is 15.0 Å². The van der Waals surface area contributed by atoms with Gasteiger partial charge in [-0.15, -0.1) is 0 Å². The van der Waals surface area contributed by atoms with Gasteiger partial charge in [0.05, 0.1) is 17.5 Å². The number of anilines is 2. The zero-order chi connectivity index (χ0) is 20.1. The zero-order valence-corrected chi connectivity index (χ0v) is 14.8. The maximum atomic E-state index is 12.7. The van der Waals surface area contributed by atoms with Gasteiger partial charge in [0.25, 0.3) is 0 Å². The van der Waals surface area contributed by atoms with Crippen molar-refractivity contribution in [2.75, 3.05) is 11.1 Å². The number of halogens is 3. The van der Waals surface area contributed by atoms with Crippen molar-refractivity contribution in [2.24, 2.45) is 11.8 Å². The molecule has 6 nitrogen and oxygen atoms in total. The molecule has 0 radical (unpaired) electrons. The van der Waals surface area contributed by atoms with Gasteiger partial charge in [-0.25, -0.2) is 9.97 Å². The van der Waals surface area contributed by atoms with E-state index in [-0.39, 0.29) is 18.1 Å². The Bertz CT molecular complexity index is 1080. The first-order valence-electron chi connectivity index (χ1n) is 8.59. The lowest BCUT2D eigenvalue weighted by Crippen LogP contribution is -2.20. The molecule has 1 aliphatic carbocycles. The Morgan fingerprint density at radius 1 is 1.29 bits per heavy atom. The standard InChI is InChI=1S/C19H16F3N5O/c1-9-2-3-24-7-12(9)15-4-10-5-16(25-8-13(10)17(23)26-15)27-18(28)11-6-14(11)19(20,21)22/h2-5,7-8,11,14H,6H2,1H3,(H2,23,26)(H,25,27,28). The third kappa shape index (κ3) is 3.35. The number of alkyl halides is 3. The second kappa shape index (κ2) is 6.43. The first-order chi connectivity index (χ1) is 13.2. The fraction of sp³-hybridized carbons (Fsp3) is 0.263. The molecular formula is C19H16F3N5O. The van der Waals surface area contributed by atoms with E-state index < -0.39 is 23.9 Å². The van der Waals surface area contributed by atoms with Crippen LogP contribution in [0.25, 0.3) is 22.0 Å². The van der Waals surface area contributed by atoms with Gasteiger partial charge in [0.2, 0.25) is 5.91 Å². The number of nitrogens with zero attached hydrogens (tertiary/aromatic N) is 3. The van der Waals surface area contributed by atoms with Gasteiger partial charge >= 0.3 is 6.18 Å². The Balaban J connectivity index is 1.63. The summed E-state index contributed by atoms with van der Waals surface area (Å²) in [6.07, 6.45) is 0.255. The Hall–Kier alpha value is -3.23. The molecule has 3 N–H and O–H groups in total. The van der Waals surface area contributed by atoms with Gasteiger partial charge in [-0.3, -0.25) is 9.78 Å². The van der Waals surface area contributed by atoms with Crippen molar-refractivity contribution in [3.8, 4) is 11.3 Å². The minimum atomic E-state index is -4.35. The molecule has 3 aromatic heterocycles. The number of aryl methyl sites for hydroxylation is 1. The summed E-state index contributed by atoms with van der Waals surface area (Å²) in [4.78, 5) is 24.6. The van der Waals surface area contributed by atoms with E-state index in [1.165, 1.54) is 6.20 Å². The van der Waals surface area contributed by atoms with Crippen LogP contribution in [0.15, 0.2) is 36.8 Å². The molecule has 1 aliphatic rings. The molecule has 28 heavy (non-hydrogen) atoms. The van der Waals surface area contributed by atoms with Crippen LogP contribution in [0, 0.1) is 18.8 Å². The van der Waals surface area contributed by atoms with Crippen LogP contribution < -0.4 is 11.1 Å². The molecule has 0 bridgehead atoms. The van der Waals surface area contributed by atoms with E-state index >= 15 is 0 Å². The van der Waals surface area contributed by atoms with Crippen LogP contribution >= 0.6 is 0 Å². The predicted molar refractivity (Wildman–Crippen MR) is 98.2 cm³/mol.